The molecular formula is C20H17F2N5O. The van der Waals surface area contributed by atoms with Gasteiger partial charge in [0.2, 0.25) is 0 Å². The zero-order chi connectivity index (χ0) is 19.7. The number of anilines is 1. The fourth-order valence-corrected chi connectivity index (χ4v) is 2.88. The van der Waals surface area contributed by atoms with Crippen LogP contribution in [0.3, 0.4) is 0 Å². The highest BCUT2D eigenvalue weighted by Crippen LogP contribution is 2.23. The van der Waals surface area contributed by atoms with Crippen LogP contribution in [0.5, 0.6) is 6.01 Å². The lowest BCUT2D eigenvalue weighted by atomic mass is 10.1. The second-order valence-corrected chi connectivity index (χ2v) is 6.37. The molecule has 0 atom stereocenters. The maximum absolute atomic E-state index is 14.4. The zero-order valence-electron chi connectivity index (χ0n) is 15.1. The maximum atomic E-state index is 14.4. The number of fused-ring (bicyclic) bond motifs is 1. The molecule has 8 heteroatoms. The lowest BCUT2D eigenvalue weighted by Crippen LogP contribution is -2.07. The molecule has 0 saturated heterocycles. The van der Waals surface area contributed by atoms with Gasteiger partial charge in [0.1, 0.15) is 18.2 Å². The van der Waals surface area contributed by atoms with E-state index in [4.69, 9.17) is 10.5 Å². The molecule has 142 valence electrons. The van der Waals surface area contributed by atoms with E-state index in [0.717, 1.165) is 5.56 Å². The van der Waals surface area contributed by atoms with Crippen molar-refractivity contribution in [3.05, 3.63) is 77.1 Å². The Labute approximate surface area is 159 Å². The third kappa shape index (κ3) is 3.36. The third-order valence-electron chi connectivity index (χ3n) is 4.39. The van der Waals surface area contributed by atoms with Crippen LogP contribution in [0.15, 0.2) is 48.8 Å². The average Bonchev–Trinajstić information content (AvgIpc) is 3.11. The van der Waals surface area contributed by atoms with Gasteiger partial charge in [-0.05, 0) is 24.1 Å². The number of benzene rings is 2. The minimum absolute atomic E-state index is 0.0664. The number of hydrogen-bond donors (Lipinski definition) is 1. The number of aryl methyl sites for hydroxylation is 1. The average molecular weight is 381 g/mol. The Kier molecular flexibility index (Phi) is 4.60. The molecule has 0 unspecified atom stereocenters. The summed E-state index contributed by atoms with van der Waals surface area (Å²) in [5, 5.41) is 0. The third-order valence-corrected chi connectivity index (χ3v) is 4.39. The summed E-state index contributed by atoms with van der Waals surface area (Å²) < 4.78 is 35.6. The molecule has 6 nitrogen and oxygen atoms in total. The molecule has 2 heterocycles. The van der Waals surface area contributed by atoms with E-state index in [9.17, 15) is 8.78 Å². The number of nitrogens with zero attached hydrogens (tertiary/aromatic N) is 4. The fourth-order valence-electron chi connectivity index (χ4n) is 2.88. The zero-order valence-corrected chi connectivity index (χ0v) is 15.1. The van der Waals surface area contributed by atoms with E-state index >= 15 is 0 Å². The lowest BCUT2D eigenvalue weighted by molar-refractivity contribution is 0.282. The van der Waals surface area contributed by atoms with Gasteiger partial charge in [-0.15, -0.1) is 0 Å². The Balaban J connectivity index is 1.67. The summed E-state index contributed by atoms with van der Waals surface area (Å²) in [6, 6.07) is 12.2. The summed E-state index contributed by atoms with van der Waals surface area (Å²) in [5.74, 6) is -1.09. The van der Waals surface area contributed by atoms with Crippen LogP contribution in [0.4, 0.5) is 14.6 Å². The molecule has 0 amide bonds. The van der Waals surface area contributed by atoms with Crippen molar-refractivity contribution in [2.24, 2.45) is 0 Å². The standard InChI is InChI=1S/C20H17F2N5O/c1-12-7-8-15(21)14(16(12)22)9-27-11-24-17-18(23)25-20(26-19(17)27)28-10-13-5-3-2-4-6-13/h2-8,11H,9-10H2,1H3,(H2,23,25,26). The highest BCUT2D eigenvalue weighted by Gasteiger charge is 2.17. The molecule has 0 aliphatic rings. The molecule has 4 aromatic rings. The van der Waals surface area contributed by atoms with Crippen molar-refractivity contribution in [2.75, 3.05) is 5.73 Å². The molecule has 2 N–H and O–H groups in total. The Morgan fingerprint density at radius 3 is 2.64 bits per heavy atom. The van der Waals surface area contributed by atoms with Crippen molar-refractivity contribution in [1.29, 1.82) is 0 Å². The summed E-state index contributed by atoms with van der Waals surface area (Å²) in [7, 11) is 0. The van der Waals surface area contributed by atoms with E-state index in [0.29, 0.717) is 16.7 Å². The number of rotatable bonds is 5. The van der Waals surface area contributed by atoms with E-state index in [1.165, 1.54) is 23.0 Å². The molecule has 0 bridgehead atoms. The van der Waals surface area contributed by atoms with Crippen LogP contribution in [0, 0.1) is 18.6 Å². The maximum Gasteiger partial charge on any atom is 0.320 e. The minimum atomic E-state index is -0.632. The number of nitrogen functional groups attached to an aromatic ring is 1. The Hall–Kier alpha value is -3.55. The van der Waals surface area contributed by atoms with Crippen molar-refractivity contribution >= 4 is 17.0 Å². The van der Waals surface area contributed by atoms with Gasteiger partial charge in [-0.2, -0.15) is 9.97 Å². The Bertz CT molecular complexity index is 1140. The van der Waals surface area contributed by atoms with Crippen molar-refractivity contribution in [2.45, 2.75) is 20.1 Å². The van der Waals surface area contributed by atoms with Gasteiger partial charge in [0.15, 0.2) is 17.0 Å². The first-order chi connectivity index (χ1) is 13.5. The number of aromatic nitrogens is 4. The van der Waals surface area contributed by atoms with E-state index < -0.39 is 11.6 Å². The van der Waals surface area contributed by atoms with Gasteiger partial charge < -0.3 is 15.0 Å². The van der Waals surface area contributed by atoms with Gasteiger partial charge in [-0.1, -0.05) is 36.4 Å². The second kappa shape index (κ2) is 7.22. The van der Waals surface area contributed by atoms with Gasteiger partial charge in [-0.25, -0.2) is 13.8 Å². The molecule has 28 heavy (non-hydrogen) atoms. The van der Waals surface area contributed by atoms with Crippen molar-refractivity contribution < 1.29 is 13.5 Å². The SMILES string of the molecule is Cc1ccc(F)c(Cn2cnc3c(N)nc(OCc4ccccc4)nc32)c1F. The number of halogens is 2. The minimum Gasteiger partial charge on any atom is -0.458 e. The molecule has 0 aliphatic heterocycles. The number of ether oxygens (including phenoxy) is 1. The molecule has 0 spiro atoms. The highest BCUT2D eigenvalue weighted by molar-refractivity contribution is 5.82. The Morgan fingerprint density at radius 2 is 1.86 bits per heavy atom. The summed E-state index contributed by atoms with van der Waals surface area (Å²) in [6.07, 6.45) is 1.43. The first-order valence-electron chi connectivity index (χ1n) is 8.61. The smallest absolute Gasteiger partial charge is 0.320 e. The normalized spacial score (nSPS) is 11.1. The van der Waals surface area contributed by atoms with Crippen LogP contribution in [0.25, 0.3) is 11.2 Å². The molecule has 0 fully saturated rings. The summed E-state index contributed by atoms with van der Waals surface area (Å²) in [5.41, 5.74) is 7.90. The van der Waals surface area contributed by atoms with E-state index in [1.807, 2.05) is 30.3 Å². The van der Waals surface area contributed by atoms with E-state index in [-0.39, 0.29) is 30.5 Å². The second-order valence-electron chi connectivity index (χ2n) is 6.37. The largest absolute Gasteiger partial charge is 0.458 e. The summed E-state index contributed by atoms with van der Waals surface area (Å²) in [6.45, 7) is 1.77. The number of imidazole rings is 1. The van der Waals surface area contributed by atoms with Crippen molar-refractivity contribution in [3.63, 3.8) is 0 Å². The molecule has 2 aromatic heterocycles. The first-order valence-corrected chi connectivity index (χ1v) is 8.61. The molecule has 0 saturated carbocycles. The van der Waals surface area contributed by atoms with Crippen LogP contribution >= 0.6 is 0 Å². The number of nitrogens with two attached hydrogens (primary N) is 1. The topological polar surface area (TPSA) is 78.9 Å². The molecule has 0 aliphatic carbocycles. The summed E-state index contributed by atoms with van der Waals surface area (Å²) in [4.78, 5) is 12.6. The predicted molar refractivity (Wildman–Crippen MR) is 101 cm³/mol. The van der Waals surface area contributed by atoms with Crippen LogP contribution in [-0.2, 0) is 13.2 Å². The van der Waals surface area contributed by atoms with Gasteiger partial charge in [0.25, 0.3) is 0 Å². The van der Waals surface area contributed by atoms with Gasteiger partial charge >= 0.3 is 6.01 Å². The molecular weight excluding hydrogens is 364 g/mol. The summed E-state index contributed by atoms with van der Waals surface area (Å²) >= 11 is 0. The monoisotopic (exact) mass is 381 g/mol. The van der Waals surface area contributed by atoms with E-state index in [1.54, 1.807) is 6.92 Å². The first kappa shape index (κ1) is 17.8. The van der Waals surface area contributed by atoms with E-state index in [2.05, 4.69) is 15.0 Å². The van der Waals surface area contributed by atoms with Gasteiger partial charge in [0.05, 0.1) is 12.9 Å². The fraction of sp³-hybridized carbons (Fsp3) is 0.150. The van der Waals surface area contributed by atoms with Crippen molar-refractivity contribution in [1.82, 2.24) is 19.5 Å². The number of hydrogen-bond acceptors (Lipinski definition) is 5. The van der Waals surface area contributed by atoms with Crippen LogP contribution in [-0.4, -0.2) is 19.5 Å². The Morgan fingerprint density at radius 1 is 1.07 bits per heavy atom. The van der Waals surface area contributed by atoms with Crippen LogP contribution in [0.2, 0.25) is 0 Å². The molecule has 2 aromatic carbocycles. The lowest BCUT2D eigenvalue weighted by Gasteiger charge is -2.10. The van der Waals surface area contributed by atoms with Crippen LogP contribution in [0.1, 0.15) is 16.7 Å². The predicted octanol–water partition coefficient (Wildman–Crippen LogP) is 3.62. The van der Waals surface area contributed by atoms with Crippen LogP contribution < -0.4 is 10.5 Å². The highest BCUT2D eigenvalue weighted by atomic mass is 19.1. The van der Waals surface area contributed by atoms with Gasteiger partial charge in [-0.3, -0.25) is 0 Å². The molecule has 4 rings (SSSR count). The molecule has 0 radical (unpaired) electrons. The quantitative estimate of drug-likeness (QED) is 0.571. The van der Waals surface area contributed by atoms with Gasteiger partial charge in [0, 0.05) is 5.56 Å². The van der Waals surface area contributed by atoms with Crippen molar-refractivity contribution in [3.8, 4) is 6.01 Å².